The summed E-state index contributed by atoms with van der Waals surface area (Å²) in [6, 6.07) is 21.2. The molecule has 4 rings (SSSR count). The van der Waals surface area contributed by atoms with Crippen LogP contribution >= 0.6 is 0 Å². The number of carbonyl (C=O) groups excluding carboxylic acids is 1. The lowest BCUT2D eigenvalue weighted by Gasteiger charge is -2.21. The smallest absolute Gasteiger partial charge is 0.214 e. The maximum absolute atomic E-state index is 13.5. The third kappa shape index (κ3) is 5.22. The molecule has 0 unspecified atom stereocenters. The molecule has 0 bridgehead atoms. The molecule has 2 N–H and O–H groups in total. The van der Waals surface area contributed by atoms with E-state index in [1.54, 1.807) is 42.6 Å². The van der Waals surface area contributed by atoms with E-state index in [2.05, 4.69) is 21.6 Å². The largest absolute Gasteiger partial charge is 0.368 e. The maximum Gasteiger partial charge on any atom is 0.214 e. The fourth-order valence-corrected chi connectivity index (χ4v) is 3.52. The highest BCUT2D eigenvalue weighted by Gasteiger charge is 2.16. The summed E-state index contributed by atoms with van der Waals surface area (Å²) >= 11 is 0. The zero-order valence-electron chi connectivity index (χ0n) is 17.7. The lowest BCUT2D eigenvalue weighted by atomic mass is 10.0. The van der Waals surface area contributed by atoms with E-state index in [-0.39, 0.29) is 12.4 Å². The Morgan fingerprint density at radius 2 is 2.00 bits per heavy atom. The third-order valence-electron chi connectivity index (χ3n) is 5.12. The van der Waals surface area contributed by atoms with Crippen molar-refractivity contribution in [1.29, 1.82) is 5.26 Å². The number of hydrogen-bond acceptors (Lipinski definition) is 5. The Balaban J connectivity index is 1.65. The molecule has 1 amide bonds. The molecule has 0 radical (unpaired) electrons. The predicted octanol–water partition coefficient (Wildman–Crippen LogP) is 4.30. The van der Waals surface area contributed by atoms with Crippen molar-refractivity contribution < 1.29 is 9.18 Å². The SMILES string of the molecule is N#Cc1ccccc1-c1ccc(N(C=O)Cc2cc[nH]n2)c(NCCc2cccc(F)c2)n1. The number of rotatable bonds is 9. The number of H-pyrrole nitrogens is 1. The van der Waals surface area contributed by atoms with Crippen molar-refractivity contribution in [2.24, 2.45) is 0 Å². The van der Waals surface area contributed by atoms with Crippen LogP contribution in [0.5, 0.6) is 0 Å². The van der Waals surface area contributed by atoms with Crippen molar-refractivity contribution in [2.75, 3.05) is 16.8 Å². The van der Waals surface area contributed by atoms with Gasteiger partial charge in [0.25, 0.3) is 0 Å². The van der Waals surface area contributed by atoms with Crippen molar-refractivity contribution >= 4 is 17.9 Å². The van der Waals surface area contributed by atoms with Crippen molar-refractivity contribution in [3.8, 4) is 17.3 Å². The molecule has 0 saturated heterocycles. The predicted molar refractivity (Wildman–Crippen MR) is 124 cm³/mol. The molecule has 0 aliphatic carbocycles. The summed E-state index contributed by atoms with van der Waals surface area (Å²) in [5.41, 5.74) is 3.93. The Morgan fingerprint density at radius 3 is 2.76 bits per heavy atom. The summed E-state index contributed by atoms with van der Waals surface area (Å²) in [6.07, 6.45) is 2.99. The molecule has 2 heterocycles. The van der Waals surface area contributed by atoms with E-state index in [1.807, 2.05) is 18.2 Å². The molecule has 0 fully saturated rings. The lowest BCUT2D eigenvalue weighted by molar-refractivity contribution is -0.107. The average Bonchev–Trinajstić information content (AvgIpc) is 3.36. The molecule has 2 aromatic carbocycles. The van der Waals surface area contributed by atoms with Crippen LogP contribution in [0.1, 0.15) is 16.8 Å². The number of anilines is 2. The first-order valence-electron chi connectivity index (χ1n) is 10.4. The number of nitrogens with one attached hydrogen (secondary N) is 2. The molecule has 33 heavy (non-hydrogen) atoms. The fraction of sp³-hybridized carbons (Fsp3) is 0.120. The Bertz CT molecular complexity index is 1280. The van der Waals surface area contributed by atoms with E-state index in [0.29, 0.717) is 47.0 Å². The summed E-state index contributed by atoms with van der Waals surface area (Å²) in [5.74, 6) is 0.201. The van der Waals surface area contributed by atoms with Crippen molar-refractivity contribution in [2.45, 2.75) is 13.0 Å². The van der Waals surface area contributed by atoms with E-state index < -0.39 is 0 Å². The van der Waals surface area contributed by atoms with Crippen LogP contribution in [0.25, 0.3) is 11.3 Å². The number of nitriles is 1. The maximum atomic E-state index is 13.5. The zero-order chi connectivity index (χ0) is 23.0. The number of aromatic nitrogens is 3. The van der Waals surface area contributed by atoms with E-state index in [9.17, 15) is 14.4 Å². The van der Waals surface area contributed by atoms with E-state index in [4.69, 9.17) is 4.98 Å². The molecule has 0 saturated carbocycles. The van der Waals surface area contributed by atoms with Crippen LogP contribution in [0.4, 0.5) is 15.9 Å². The van der Waals surface area contributed by atoms with Gasteiger partial charge in [0.15, 0.2) is 5.82 Å². The molecule has 4 aromatic rings. The number of halogens is 1. The number of hydrogen-bond donors (Lipinski definition) is 2. The monoisotopic (exact) mass is 440 g/mol. The Kier molecular flexibility index (Phi) is 6.71. The fourth-order valence-electron chi connectivity index (χ4n) is 3.52. The first kappa shape index (κ1) is 21.7. The van der Waals surface area contributed by atoms with Gasteiger partial charge in [-0.25, -0.2) is 9.37 Å². The molecule has 0 spiro atoms. The Hall–Kier alpha value is -4.51. The highest BCUT2D eigenvalue weighted by molar-refractivity contribution is 5.83. The van der Waals surface area contributed by atoms with E-state index in [0.717, 1.165) is 12.0 Å². The topological polar surface area (TPSA) is 97.7 Å². The van der Waals surface area contributed by atoms with Gasteiger partial charge in [-0.15, -0.1) is 0 Å². The van der Waals surface area contributed by atoms with E-state index >= 15 is 0 Å². The van der Waals surface area contributed by atoms with Gasteiger partial charge >= 0.3 is 0 Å². The van der Waals surface area contributed by atoms with E-state index in [1.165, 1.54) is 17.0 Å². The summed E-state index contributed by atoms with van der Waals surface area (Å²) < 4.78 is 13.5. The summed E-state index contributed by atoms with van der Waals surface area (Å²) in [7, 11) is 0. The molecule has 0 atom stereocenters. The molecule has 7 nitrogen and oxygen atoms in total. The van der Waals surface area contributed by atoms with Crippen LogP contribution in [0.2, 0.25) is 0 Å². The van der Waals surface area contributed by atoms with Gasteiger partial charge in [-0.3, -0.25) is 9.89 Å². The van der Waals surface area contributed by atoms with Gasteiger partial charge in [-0.05, 0) is 48.4 Å². The highest BCUT2D eigenvalue weighted by Crippen LogP contribution is 2.30. The Morgan fingerprint density at radius 1 is 1.12 bits per heavy atom. The second-order valence-corrected chi connectivity index (χ2v) is 7.33. The minimum atomic E-state index is -0.285. The van der Waals surface area contributed by atoms with Gasteiger partial charge in [0.05, 0.1) is 35.3 Å². The van der Waals surface area contributed by atoms with Gasteiger partial charge in [0.1, 0.15) is 5.82 Å². The number of nitrogens with zero attached hydrogens (tertiary/aromatic N) is 4. The minimum absolute atomic E-state index is 0.265. The normalized spacial score (nSPS) is 10.4. The second-order valence-electron chi connectivity index (χ2n) is 7.33. The quantitative estimate of drug-likeness (QED) is 0.378. The number of amides is 1. The van der Waals surface area contributed by atoms with Crippen LogP contribution in [0.15, 0.2) is 72.9 Å². The first-order valence-corrected chi connectivity index (χ1v) is 10.4. The summed E-state index contributed by atoms with van der Waals surface area (Å²) in [5, 5.41) is 19.6. The van der Waals surface area contributed by atoms with Crippen molar-refractivity contribution in [3.05, 3.63) is 95.6 Å². The van der Waals surface area contributed by atoms with Crippen LogP contribution in [0, 0.1) is 17.1 Å². The van der Waals surface area contributed by atoms with Crippen LogP contribution in [-0.4, -0.2) is 28.1 Å². The van der Waals surface area contributed by atoms with Crippen LogP contribution in [0.3, 0.4) is 0 Å². The number of benzene rings is 2. The van der Waals surface area contributed by atoms with Gasteiger partial charge in [0, 0.05) is 18.3 Å². The second kappa shape index (κ2) is 10.2. The molecule has 164 valence electrons. The van der Waals surface area contributed by atoms with Crippen LogP contribution < -0.4 is 10.2 Å². The summed E-state index contributed by atoms with van der Waals surface area (Å²) in [6.45, 7) is 0.739. The molecule has 8 heteroatoms. The minimum Gasteiger partial charge on any atom is -0.368 e. The highest BCUT2D eigenvalue weighted by atomic mass is 19.1. The van der Waals surface area contributed by atoms with Gasteiger partial charge in [-0.2, -0.15) is 10.4 Å². The van der Waals surface area contributed by atoms with Crippen molar-refractivity contribution in [3.63, 3.8) is 0 Å². The standard InChI is InChI=1S/C25H21FN6O/c26-20-6-3-4-18(14-20)10-12-28-25-24(32(17-33)16-21-11-13-29-31-21)9-8-23(30-25)22-7-2-1-5-19(22)15-27/h1-9,11,13-14,17H,10,12,16H2,(H,28,30)(H,29,31). The van der Waals surface area contributed by atoms with Crippen LogP contribution in [-0.2, 0) is 17.8 Å². The number of pyridine rings is 1. The molecule has 0 aliphatic rings. The molecule has 2 aromatic heterocycles. The average molecular weight is 440 g/mol. The number of carbonyl (C=O) groups is 1. The molecule has 0 aliphatic heterocycles. The molecular formula is C25H21FN6O. The number of aromatic amines is 1. The van der Waals surface area contributed by atoms with Gasteiger partial charge < -0.3 is 10.2 Å². The van der Waals surface area contributed by atoms with Gasteiger partial charge in [-0.1, -0.05) is 30.3 Å². The third-order valence-corrected chi connectivity index (χ3v) is 5.12. The van der Waals surface area contributed by atoms with Crippen molar-refractivity contribution in [1.82, 2.24) is 15.2 Å². The zero-order valence-corrected chi connectivity index (χ0v) is 17.7. The summed E-state index contributed by atoms with van der Waals surface area (Å²) in [4.78, 5) is 18.2. The first-order chi connectivity index (χ1) is 16.2. The molecular weight excluding hydrogens is 419 g/mol. The van der Waals surface area contributed by atoms with Gasteiger partial charge in [0.2, 0.25) is 6.41 Å². The lowest BCUT2D eigenvalue weighted by Crippen LogP contribution is -2.23. The Labute approximate surface area is 190 Å².